The van der Waals surface area contributed by atoms with Crippen molar-refractivity contribution in [3.05, 3.63) is 58.6 Å². The number of rotatable bonds is 5. The summed E-state index contributed by atoms with van der Waals surface area (Å²) in [5.74, 6) is 0.901. The first kappa shape index (κ1) is 19.5. The molecule has 3 aromatic heterocycles. The Kier molecular flexibility index (Phi) is 5.45. The second kappa shape index (κ2) is 8.37. The molecule has 0 N–H and O–H groups in total. The van der Waals surface area contributed by atoms with Crippen LogP contribution in [0.1, 0.15) is 37.2 Å². The van der Waals surface area contributed by atoms with E-state index in [1.54, 1.807) is 12.4 Å². The molecule has 1 aliphatic heterocycles. The molecule has 1 aliphatic rings. The fourth-order valence-electron chi connectivity index (χ4n) is 4.18. The highest BCUT2D eigenvalue weighted by Crippen LogP contribution is 2.36. The largest absolute Gasteiger partial charge is 0.300 e. The smallest absolute Gasteiger partial charge is 0.199 e. The van der Waals surface area contributed by atoms with Crippen molar-refractivity contribution >= 4 is 33.8 Å². The molecule has 1 fully saturated rings. The molecule has 0 radical (unpaired) electrons. The minimum absolute atomic E-state index is 0.314. The number of piperidine rings is 1. The Hall–Kier alpha value is -2.42. The minimum atomic E-state index is 0.314. The zero-order valence-electron chi connectivity index (χ0n) is 16.9. The van der Waals surface area contributed by atoms with Gasteiger partial charge in [-0.2, -0.15) is 5.10 Å². The third-order valence-electron chi connectivity index (χ3n) is 5.70. The molecule has 0 saturated carbocycles. The van der Waals surface area contributed by atoms with Gasteiger partial charge in [-0.3, -0.25) is 9.88 Å². The van der Waals surface area contributed by atoms with E-state index in [1.807, 2.05) is 28.2 Å². The number of thiazole rings is 1. The lowest BCUT2D eigenvalue weighted by Gasteiger charge is -2.34. The van der Waals surface area contributed by atoms with Gasteiger partial charge in [0.15, 0.2) is 10.6 Å². The molecule has 1 saturated heterocycles. The van der Waals surface area contributed by atoms with Crippen LogP contribution in [-0.4, -0.2) is 35.8 Å². The summed E-state index contributed by atoms with van der Waals surface area (Å²) in [5, 5.41) is 6.11. The van der Waals surface area contributed by atoms with E-state index in [1.165, 1.54) is 22.5 Å². The van der Waals surface area contributed by atoms with Gasteiger partial charge >= 0.3 is 0 Å². The first-order chi connectivity index (χ1) is 14.7. The number of likely N-dealkylation sites (tertiary alicyclic amines) is 1. The molecule has 30 heavy (non-hydrogen) atoms. The third-order valence-corrected chi connectivity index (χ3v) is 7.27. The number of nitrogens with zero attached hydrogens (tertiary/aromatic N) is 6. The zero-order valence-corrected chi connectivity index (χ0v) is 18.6. The summed E-state index contributed by atoms with van der Waals surface area (Å²) in [6.45, 7) is 4.62. The van der Waals surface area contributed by atoms with Crippen molar-refractivity contribution < 1.29 is 0 Å². The molecule has 1 unspecified atom stereocenters. The highest BCUT2D eigenvalue weighted by atomic mass is 32.1. The van der Waals surface area contributed by atoms with Crippen LogP contribution in [0.15, 0.2) is 48.8 Å². The summed E-state index contributed by atoms with van der Waals surface area (Å²) < 4.78 is 6.09. The second-order valence-electron chi connectivity index (χ2n) is 7.57. The lowest BCUT2D eigenvalue weighted by Crippen LogP contribution is -2.35. The first-order valence-corrected chi connectivity index (χ1v) is 11.6. The molecule has 0 spiro atoms. The molecule has 8 heteroatoms. The van der Waals surface area contributed by atoms with Crippen LogP contribution in [0.3, 0.4) is 0 Å². The average Bonchev–Trinajstić information content (AvgIpc) is 3.36. The summed E-state index contributed by atoms with van der Waals surface area (Å²) >= 11 is 7.61. The summed E-state index contributed by atoms with van der Waals surface area (Å²) in [6.07, 6.45) is 7.14. The van der Waals surface area contributed by atoms with Gasteiger partial charge in [-0.15, -0.1) is 11.3 Å². The number of hydrogen-bond donors (Lipinski definition) is 0. The monoisotopic (exact) mass is 436 g/mol. The van der Waals surface area contributed by atoms with Crippen molar-refractivity contribution in [1.29, 1.82) is 0 Å². The molecule has 1 aromatic carbocycles. The zero-order chi connectivity index (χ0) is 20.5. The average molecular weight is 437 g/mol. The lowest BCUT2D eigenvalue weighted by atomic mass is 10.0. The fraction of sp³-hybridized carbons (Fsp3) is 0.364. The number of pyridine rings is 1. The molecule has 4 aromatic rings. The third kappa shape index (κ3) is 3.59. The summed E-state index contributed by atoms with van der Waals surface area (Å²) in [5.41, 5.74) is 2.13. The van der Waals surface area contributed by atoms with Crippen molar-refractivity contribution in [1.82, 2.24) is 29.2 Å². The predicted molar refractivity (Wildman–Crippen MR) is 123 cm³/mol. The van der Waals surface area contributed by atoms with Gasteiger partial charge in [-0.05, 0) is 56.2 Å². The number of hydrogen-bond acceptors (Lipinski definition) is 6. The summed E-state index contributed by atoms with van der Waals surface area (Å²) in [4.78, 5) is 11.6. The Bertz CT molecular complexity index is 1180. The highest BCUT2D eigenvalue weighted by Gasteiger charge is 2.28. The normalized spacial score (nSPS) is 17.6. The topological polar surface area (TPSA) is 51.8 Å². The van der Waals surface area contributed by atoms with Crippen molar-refractivity contribution in [2.24, 2.45) is 0 Å². The Balaban J connectivity index is 1.48. The van der Waals surface area contributed by atoms with Crippen molar-refractivity contribution in [3.8, 4) is 11.4 Å². The van der Waals surface area contributed by atoms with Crippen LogP contribution in [0, 0.1) is 4.77 Å². The minimum Gasteiger partial charge on any atom is -0.300 e. The van der Waals surface area contributed by atoms with E-state index in [4.69, 9.17) is 22.3 Å². The molecule has 154 valence electrons. The van der Waals surface area contributed by atoms with E-state index in [0.29, 0.717) is 12.7 Å². The Morgan fingerprint density at radius 1 is 1.13 bits per heavy atom. The molecule has 5 rings (SSSR count). The fourth-order valence-corrected chi connectivity index (χ4v) is 5.63. The SMILES string of the molecule is CCn1c(-c2ccncc2)nn(CN2CCCCC2c2nc3ccccc3s2)c1=S. The molecular formula is C22H24N6S2. The van der Waals surface area contributed by atoms with E-state index in [-0.39, 0.29) is 0 Å². The van der Waals surface area contributed by atoms with E-state index < -0.39 is 0 Å². The van der Waals surface area contributed by atoms with Gasteiger partial charge in [0.05, 0.1) is 22.9 Å². The molecular weight excluding hydrogens is 412 g/mol. The number of benzene rings is 1. The van der Waals surface area contributed by atoms with Gasteiger partial charge in [0.25, 0.3) is 0 Å². The Morgan fingerprint density at radius 3 is 2.77 bits per heavy atom. The van der Waals surface area contributed by atoms with Gasteiger partial charge < -0.3 is 4.57 Å². The van der Waals surface area contributed by atoms with Gasteiger partial charge in [-0.1, -0.05) is 18.6 Å². The van der Waals surface area contributed by atoms with Gasteiger partial charge in [0.1, 0.15) is 5.01 Å². The lowest BCUT2D eigenvalue weighted by molar-refractivity contribution is 0.103. The van der Waals surface area contributed by atoms with E-state index in [2.05, 4.69) is 45.6 Å². The van der Waals surface area contributed by atoms with Gasteiger partial charge in [0.2, 0.25) is 0 Å². The second-order valence-corrected chi connectivity index (χ2v) is 9.00. The van der Waals surface area contributed by atoms with Crippen LogP contribution < -0.4 is 0 Å². The van der Waals surface area contributed by atoms with E-state index >= 15 is 0 Å². The molecule has 4 heterocycles. The van der Waals surface area contributed by atoms with Crippen molar-refractivity contribution in [2.75, 3.05) is 6.54 Å². The summed E-state index contributed by atoms with van der Waals surface area (Å²) in [7, 11) is 0. The van der Waals surface area contributed by atoms with Crippen molar-refractivity contribution in [3.63, 3.8) is 0 Å². The Morgan fingerprint density at radius 2 is 1.97 bits per heavy atom. The maximum absolute atomic E-state index is 5.80. The molecule has 0 aliphatic carbocycles. The highest BCUT2D eigenvalue weighted by molar-refractivity contribution is 7.71. The van der Waals surface area contributed by atoms with Gasteiger partial charge in [0, 0.05) is 31.0 Å². The van der Waals surface area contributed by atoms with Crippen LogP contribution in [0.4, 0.5) is 0 Å². The first-order valence-electron chi connectivity index (χ1n) is 10.4. The standard InChI is InChI=1S/C22H24N6S2/c1-2-27-20(16-10-12-23-13-11-16)25-28(22(27)29)15-26-14-6-5-8-18(26)21-24-17-7-3-4-9-19(17)30-21/h3-4,7,9-13,18H,2,5-6,8,14-15H2,1H3. The number of para-hydroxylation sites is 1. The number of fused-ring (bicyclic) bond motifs is 1. The molecule has 0 amide bonds. The maximum atomic E-state index is 5.80. The van der Waals surface area contributed by atoms with Crippen molar-refractivity contribution in [2.45, 2.75) is 45.4 Å². The van der Waals surface area contributed by atoms with Crippen LogP contribution in [0.25, 0.3) is 21.6 Å². The maximum Gasteiger partial charge on any atom is 0.199 e. The number of aromatic nitrogens is 5. The summed E-state index contributed by atoms with van der Waals surface area (Å²) in [6, 6.07) is 12.7. The predicted octanol–water partition coefficient (Wildman–Crippen LogP) is 5.29. The molecule has 1 atom stereocenters. The van der Waals surface area contributed by atoms with E-state index in [0.717, 1.165) is 41.2 Å². The quantitative estimate of drug-likeness (QED) is 0.398. The molecule has 0 bridgehead atoms. The van der Waals surface area contributed by atoms with Crippen LogP contribution >= 0.6 is 23.6 Å². The molecule has 6 nitrogen and oxygen atoms in total. The van der Waals surface area contributed by atoms with Crippen LogP contribution in [-0.2, 0) is 13.2 Å². The van der Waals surface area contributed by atoms with Gasteiger partial charge in [-0.25, -0.2) is 9.67 Å². The van der Waals surface area contributed by atoms with E-state index in [9.17, 15) is 0 Å². The van der Waals surface area contributed by atoms with Crippen LogP contribution in [0.2, 0.25) is 0 Å². The Labute approximate surface area is 184 Å². The van der Waals surface area contributed by atoms with Crippen LogP contribution in [0.5, 0.6) is 0 Å².